The van der Waals surface area contributed by atoms with Crippen LogP contribution in [0, 0.1) is 0 Å². The third-order valence-electron chi connectivity index (χ3n) is 4.85. The number of nitrogens with zero attached hydrogens (tertiary/aromatic N) is 3. The number of carbonyl (C=O) groups excluding carboxylic acids is 3. The second-order valence-corrected chi connectivity index (χ2v) is 7.03. The quantitative estimate of drug-likeness (QED) is 0.537. The van der Waals surface area contributed by atoms with Crippen LogP contribution < -0.4 is 5.32 Å². The Kier molecular flexibility index (Phi) is 4.52. The van der Waals surface area contributed by atoms with Crippen LogP contribution in [0.4, 0.5) is 0 Å². The fraction of sp³-hybridized carbons (Fsp3) is 0.238. The van der Waals surface area contributed by atoms with E-state index in [0.29, 0.717) is 12.1 Å². The summed E-state index contributed by atoms with van der Waals surface area (Å²) in [5.74, 6) is -1.05. The number of carbonyl (C=O) groups is 3. The van der Waals surface area contributed by atoms with Gasteiger partial charge in [0, 0.05) is 18.9 Å². The summed E-state index contributed by atoms with van der Waals surface area (Å²) in [5.41, 5.74) is 1.49. The summed E-state index contributed by atoms with van der Waals surface area (Å²) >= 11 is 0. The van der Waals surface area contributed by atoms with E-state index in [9.17, 15) is 14.4 Å². The van der Waals surface area contributed by atoms with E-state index in [2.05, 4.69) is 10.3 Å². The molecule has 1 N–H and O–H groups in total. The number of aromatic nitrogens is 2. The van der Waals surface area contributed by atoms with Crippen molar-refractivity contribution in [2.24, 2.45) is 0 Å². The van der Waals surface area contributed by atoms with E-state index in [0.717, 1.165) is 13.0 Å². The van der Waals surface area contributed by atoms with Crippen molar-refractivity contribution in [2.75, 3.05) is 27.2 Å². The highest BCUT2D eigenvalue weighted by Crippen LogP contribution is 2.32. The fourth-order valence-electron chi connectivity index (χ4n) is 3.58. The Morgan fingerprint density at radius 2 is 1.96 bits per heavy atom. The molecule has 0 unspecified atom stereocenters. The fourth-order valence-corrected chi connectivity index (χ4v) is 3.58. The van der Waals surface area contributed by atoms with Crippen molar-refractivity contribution in [1.82, 2.24) is 19.6 Å². The molecule has 0 saturated heterocycles. The highest BCUT2D eigenvalue weighted by molar-refractivity contribution is 6.31. The van der Waals surface area contributed by atoms with Gasteiger partial charge in [0.2, 0.25) is 5.78 Å². The minimum Gasteiger partial charge on any atom is -0.352 e. The highest BCUT2D eigenvalue weighted by Gasteiger charge is 2.38. The molecule has 0 radical (unpaired) electrons. The number of hydrogen-bond acceptors (Lipinski definition) is 5. The van der Waals surface area contributed by atoms with Crippen LogP contribution in [0.3, 0.4) is 0 Å². The lowest BCUT2D eigenvalue weighted by Gasteiger charge is -2.15. The number of rotatable bonds is 5. The number of hydrogen-bond donors (Lipinski definition) is 1. The Bertz CT molecular complexity index is 1110. The van der Waals surface area contributed by atoms with Gasteiger partial charge in [-0.1, -0.05) is 6.07 Å². The van der Waals surface area contributed by atoms with E-state index in [1.807, 2.05) is 19.0 Å². The lowest BCUT2D eigenvalue weighted by Crippen LogP contribution is -2.29. The van der Waals surface area contributed by atoms with Crippen LogP contribution >= 0.6 is 0 Å². The molecule has 28 heavy (non-hydrogen) atoms. The van der Waals surface area contributed by atoms with Gasteiger partial charge >= 0.3 is 0 Å². The molecule has 1 aliphatic carbocycles. The van der Waals surface area contributed by atoms with Crippen LogP contribution in [0.1, 0.15) is 48.9 Å². The summed E-state index contributed by atoms with van der Waals surface area (Å²) in [5, 5.41) is 2.88. The van der Waals surface area contributed by atoms with Gasteiger partial charge in [0.05, 0.1) is 22.2 Å². The number of nitrogens with one attached hydrogen (secondary N) is 1. The molecule has 4 rings (SSSR count). The molecule has 3 heterocycles. The normalized spacial score (nSPS) is 13.0. The summed E-state index contributed by atoms with van der Waals surface area (Å²) in [6, 6.07) is 8.48. The summed E-state index contributed by atoms with van der Waals surface area (Å²) in [6.07, 6.45) is 3.96. The maximum Gasteiger partial charge on any atom is 0.254 e. The van der Waals surface area contributed by atoms with E-state index in [-0.39, 0.29) is 45.6 Å². The molecule has 7 heteroatoms. The Labute approximate surface area is 162 Å². The largest absolute Gasteiger partial charge is 0.352 e. The van der Waals surface area contributed by atoms with Crippen molar-refractivity contribution in [1.29, 1.82) is 0 Å². The van der Waals surface area contributed by atoms with Gasteiger partial charge < -0.3 is 14.6 Å². The van der Waals surface area contributed by atoms with Gasteiger partial charge in [0.15, 0.2) is 5.78 Å². The van der Waals surface area contributed by atoms with E-state index in [1.165, 1.54) is 6.20 Å². The SMILES string of the molecule is CN(C)CCCNC(=O)c1c2c(n3ccccc13)C(=O)c1ncccc1C2=O. The first-order chi connectivity index (χ1) is 13.5. The van der Waals surface area contributed by atoms with Gasteiger partial charge in [-0.3, -0.25) is 19.4 Å². The minimum absolute atomic E-state index is 0.126. The third kappa shape index (κ3) is 2.80. The zero-order valence-electron chi connectivity index (χ0n) is 15.7. The van der Waals surface area contributed by atoms with Crippen molar-refractivity contribution in [3.05, 3.63) is 70.8 Å². The van der Waals surface area contributed by atoms with Crippen LogP contribution in [0.5, 0.6) is 0 Å². The van der Waals surface area contributed by atoms with E-state index in [1.54, 1.807) is 40.9 Å². The first-order valence-corrected chi connectivity index (χ1v) is 9.11. The topological polar surface area (TPSA) is 83.8 Å². The predicted molar refractivity (Wildman–Crippen MR) is 104 cm³/mol. The van der Waals surface area contributed by atoms with Gasteiger partial charge in [0.1, 0.15) is 11.4 Å². The Balaban J connectivity index is 1.82. The molecule has 1 amide bonds. The maximum absolute atomic E-state index is 13.2. The predicted octanol–water partition coefficient (Wildman–Crippen LogP) is 1.79. The summed E-state index contributed by atoms with van der Waals surface area (Å²) < 4.78 is 1.61. The van der Waals surface area contributed by atoms with Crippen molar-refractivity contribution >= 4 is 23.0 Å². The van der Waals surface area contributed by atoms with E-state index < -0.39 is 0 Å². The Hall–Kier alpha value is -3.32. The van der Waals surface area contributed by atoms with Crippen LogP contribution in [0.25, 0.3) is 5.52 Å². The monoisotopic (exact) mass is 376 g/mol. The van der Waals surface area contributed by atoms with E-state index >= 15 is 0 Å². The second kappa shape index (κ2) is 7.01. The molecule has 7 nitrogen and oxygen atoms in total. The van der Waals surface area contributed by atoms with Crippen molar-refractivity contribution in [3.63, 3.8) is 0 Å². The average molecular weight is 376 g/mol. The number of ketones is 2. The molecule has 1 aliphatic rings. The average Bonchev–Trinajstić information content (AvgIpc) is 3.05. The first kappa shape index (κ1) is 18.1. The smallest absolute Gasteiger partial charge is 0.254 e. The van der Waals surface area contributed by atoms with Crippen LogP contribution in [0.15, 0.2) is 42.7 Å². The highest BCUT2D eigenvalue weighted by atomic mass is 16.2. The third-order valence-corrected chi connectivity index (χ3v) is 4.85. The molecular formula is C21H20N4O3. The number of amides is 1. The van der Waals surface area contributed by atoms with Crippen LogP contribution in [-0.4, -0.2) is 58.9 Å². The van der Waals surface area contributed by atoms with Gasteiger partial charge in [-0.05, 0) is 51.3 Å². The molecule has 3 aromatic heterocycles. The summed E-state index contributed by atoms with van der Waals surface area (Å²) in [4.78, 5) is 45.4. The molecule has 0 bridgehead atoms. The standard InChI is InChI=1S/C21H20N4O3/c1-24(2)11-6-10-23-21(28)15-14-8-3-4-12-25(14)18-16(15)19(26)13-7-5-9-22-17(13)20(18)27/h3-5,7-9,12H,6,10-11H2,1-2H3,(H,23,28). The molecule has 0 saturated carbocycles. The molecule has 0 aliphatic heterocycles. The molecule has 0 spiro atoms. The Morgan fingerprint density at radius 3 is 2.75 bits per heavy atom. The zero-order chi connectivity index (χ0) is 19.8. The van der Waals surface area contributed by atoms with Crippen molar-refractivity contribution in [3.8, 4) is 0 Å². The molecule has 0 fully saturated rings. The van der Waals surface area contributed by atoms with Crippen LogP contribution in [0.2, 0.25) is 0 Å². The zero-order valence-corrected chi connectivity index (χ0v) is 15.7. The summed E-state index contributed by atoms with van der Waals surface area (Å²) in [7, 11) is 3.94. The van der Waals surface area contributed by atoms with E-state index in [4.69, 9.17) is 0 Å². The minimum atomic E-state index is -0.350. The molecular weight excluding hydrogens is 356 g/mol. The lowest BCUT2D eigenvalue weighted by molar-refractivity contribution is 0.0938. The second-order valence-electron chi connectivity index (χ2n) is 7.03. The van der Waals surface area contributed by atoms with Gasteiger partial charge in [-0.15, -0.1) is 0 Å². The molecule has 3 aromatic rings. The number of pyridine rings is 2. The van der Waals surface area contributed by atoms with Crippen LogP contribution in [-0.2, 0) is 0 Å². The van der Waals surface area contributed by atoms with Gasteiger partial charge in [-0.25, -0.2) is 0 Å². The van der Waals surface area contributed by atoms with Crippen molar-refractivity contribution in [2.45, 2.75) is 6.42 Å². The first-order valence-electron chi connectivity index (χ1n) is 9.11. The maximum atomic E-state index is 13.2. The van der Waals surface area contributed by atoms with Crippen molar-refractivity contribution < 1.29 is 14.4 Å². The Morgan fingerprint density at radius 1 is 1.14 bits per heavy atom. The summed E-state index contributed by atoms with van der Waals surface area (Å²) in [6.45, 7) is 1.32. The molecule has 142 valence electrons. The van der Waals surface area contributed by atoms with Gasteiger partial charge in [0.25, 0.3) is 5.91 Å². The molecule has 0 aromatic carbocycles. The molecule has 0 atom stereocenters. The lowest BCUT2D eigenvalue weighted by atomic mass is 9.89. The van der Waals surface area contributed by atoms with Gasteiger partial charge in [-0.2, -0.15) is 0 Å². The number of fused-ring (bicyclic) bond motifs is 4.